The summed E-state index contributed by atoms with van der Waals surface area (Å²) in [5, 5.41) is -0.610. The van der Waals surface area contributed by atoms with Gasteiger partial charge in [0.05, 0.1) is 22.7 Å². The van der Waals surface area contributed by atoms with Gasteiger partial charge in [-0.1, -0.05) is 42.8 Å². The van der Waals surface area contributed by atoms with Gasteiger partial charge in [-0.2, -0.15) is 0 Å². The quantitative estimate of drug-likeness (QED) is 0.591. The number of hydrogen-bond donors (Lipinski definition) is 0. The summed E-state index contributed by atoms with van der Waals surface area (Å²) in [7, 11) is -7.01. The zero-order chi connectivity index (χ0) is 22.1. The number of carbonyl (C=O) groups is 1. The van der Waals surface area contributed by atoms with Crippen molar-refractivity contribution in [2.24, 2.45) is 0 Å². The van der Waals surface area contributed by atoms with Gasteiger partial charge in [0.2, 0.25) is 15.0 Å². The Kier molecular flexibility index (Phi) is 6.49. The van der Waals surface area contributed by atoms with E-state index in [0.717, 1.165) is 30.0 Å². The SMILES string of the molecule is CCc1ccc(CN(C(=O)c2nc(S(C)(=O)=O)ncc2Cl)C2CCS(=O)(=O)C2)cc1. The lowest BCUT2D eigenvalue weighted by Crippen LogP contribution is -2.41. The topological polar surface area (TPSA) is 114 Å². The molecule has 2 aromatic rings. The standard InChI is InChI=1S/C19H22ClN3O5S2/c1-3-13-4-6-14(7-5-13)11-23(15-8-9-30(27,28)12-15)18(24)17-16(20)10-21-19(22-17)29(2,25)26/h4-7,10,15H,3,8-9,11-12H2,1-2H3. The summed E-state index contributed by atoms with van der Waals surface area (Å²) in [4.78, 5) is 22.3. The number of hydrogen-bond acceptors (Lipinski definition) is 7. The van der Waals surface area contributed by atoms with Gasteiger partial charge in [0.25, 0.3) is 5.91 Å². The third-order valence-electron chi connectivity index (χ3n) is 4.95. The van der Waals surface area contributed by atoms with Gasteiger partial charge in [0.15, 0.2) is 15.5 Å². The van der Waals surface area contributed by atoms with Crippen LogP contribution in [0.2, 0.25) is 5.02 Å². The molecule has 1 aliphatic heterocycles. The summed E-state index contributed by atoms with van der Waals surface area (Å²) in [5.74, 6) is -0.801. The molecule has 0 saturated carbocycles. The summed E-state index contributed by atoms with van der Waals surface area (Å²) >= 11 is 6.10. The van der Waals surface area contributed by atoms with Crippen LogP contribution in [0.25, 0.3) is 0 Å². The molecular weight excluding hydrogens is 450 g/mol. The van der Waals surface area contributed by atoms with Crippen molar-refractivity contribution in [3.05, 3.63) is 52.3 Å². The largest absolute Gasteiger partial charge is 0.329 e. The van der Waals surface area contributed by atoms with Gasteiger partial charge >= 0.3 is 0 Å². The lowest BCUT2D eigenvalue weighted by Gasteiger charge is -2.28. The molecule has 0 aliphatic carbocycles. The highest BCUT2D eigenvalue weighted by atomic mass is 35.5. The second kappa shape index (κ2) is 8.60. The van der Waals surface area contributed by atoms with E-state index >= 15 is 0 Å². The van der Waals surface area contributed by atoms with Crippen LogP contribution in [0.3, 0.4) is 0 Å². The Balaban J connectivity index is 2.00. The summed E-state index contributed by atoms with van der Waals surface area (Å²) in [6, 6.07) is 7.10. The van der Waals surface area contributed by atoms with Crippen LogP contribution in [0.4, 0.5) is 0 Å². The van der Waals surface area contributed by atoms with Gasteiger partial charge in [-0.25, -0.2) is 26.8 Å². The zero-order valence-electron chi connectivity index (χ0n) is 16.6. The maximum atomic E-state index is 13.3. The molecule has 1 amide bonds. The first-order chi connectivity index (χ1) is 14.0. The van der Waals surface area contributed by atoms with Crippen molar-refractivity contribution < 1.29 is 21.6 Å². The van der Waals surface area contributed by atoms with Crippen molar-refractivity contribution in [3.63, 3.8) is 0 Å². The number of aryl methyl sites for hydroxylation is 1. The van der Waals surface area contributed by atoms with Crippen molar-refractivity contribution in [3.8, 4) is 0 Å². The minimum Gasteiger partial charge on any atom is -0.329 e. The van der Waals surface area contributed by atoms with Gasteiger partial charge in [-0.3, -0.25) is 4.79 Å². The minimum absolute atomic E-state index is 0.0116. The van der Waals surface area contributed by atoms with Crippen LogP contribution in [0.15, 0.2) is 35.6 Å². The van der Waals surface area contributed by atoms with E-state index in [2.05, 4.69) is 9.97 Å². The molecule has 1 unspecified atom stereocenters. The van der Waals surface area contributed by atoms with E-state index in [1.807, 2.05) is 31.2 Å². The number of aromatic nitrogens is 2. The van der Waals surface area contributed by atoms with Gasteiger partial charge in [-0.05, 0) is 24.0 Å². The molecule has 1 aromatic carbocycles. The van der Waals surface area contributed by atoms with E-state index in [1.54, 1.807) is 0 Å². The first-order valence-corrected chi connectivity index (χ1v) is 13.4. The number of carbonyl (C=O) groups excluding carboxylic acids is 1. The Bertz CT molecular complexity index is 1170. The Morgan fingerprint density at radius 1 is 1.23 bits per heavy atom. The van der Waals surface area contributed by atoms with E-state index in [0.29, 0.717) is 6.42 Å². The lowest BCUT2D eigenvalue weighted by atomic mass is 10.1. The molecule has 0 N–H and O–H groups in total. The van der Waals surface area contributed by atoms with Gasteiger partial charge in [0.1, 0.15) is 0 Å². The molecule has 1 saturated heterocycles. The molecule has 0 spiro atoms. The van der Waals surface area contributed by atoms with Crippen LogP contribution >= 0.6 is 11.6 Å². The molecule has 30 heavy (non-hydrogen) atoms. The molecule has 1 fully saturated rings. The van der Waals surface area contributed by atoms with Crippen molar-refractivity contribution in [1.82, 2.24) is 14.9 Å². The Morgan fingerprint density at radius 2 is 1.87 bits per heavy atom. The first kappa shape index (κ1) is 22.6. The van der Waals surface area contributed by atoms with E-state index in [4.69, 9.17) is 11.6 Å². The third-order valence-corrected chi connectivity index (χ3v) is 7.84. The van der Waals surface area contributed by atoms with Crippen LogP contribution in [-0.2, 0) is 32.6 Å². The van der Waals surface area contributed by atoms with Gasteiger partial charge in [-0.15, -0.1) is 0 Å². The van der Waals surface area contributed by atoms with Crippen LogP contribution in [0.5, 0.6) is 0 Å². The van der Waals surface area contributed by atoms with Crippen molar-refractivity contribution in [2.45, 2.75) is 37.5 Å². The molecule has 162 valence electrons. The van der Waals surface area contributed by atoms with Crippen LogP contribution in [0, 0.1) is 0 Å². The van der Waals surface area contributed by atoms with Crippen molar-refractivity contribution in [2.75, 3.05) is 17.8 Å². The monoisotopic (exact) mass is 471 g/mol. The number of rotatable bonds is 6. The van der Waals surface area contributed by atoms with E-state index in [9.17, 15) is 21.6 Å². The fraction of sp³-hybridized carbons (Fsp3) is 0.421. The molecule has 1 aliphatic rings. The third kappa shape index (κ3) is 5.16. The normalized spacial score (nSPS) is 18.3. The van der Waals surface area contributed by atoms with Crippen LogP contribution in [0.1, 0.15) is 35.0 Å². The summed E-state index contributed by atoms with van der Waals surface area (Å²) < 4.78 is 47.7. The fourth-order valence-corrected chi connectivity index (χ4v) is 5.68. The summed E-state index contributed by atoms with van der Waals surface area (Å²) in [6.45, 7) is 2.18. The van der Waals surface area contributed by atoms with Crippen molar-refractivity contribution >= 4 is 37.2 Å². The molecule has 1 atom stereocenters. The van der Waals surface area contributed by atoms with Gasteiger partial charge in [0, 0.05) is 18.8 Å². The lowest BCUT2D eigenvalue weighted by molar-refractivity contribution is 0.0674. The zero-order valence-corrected chi connectivity index (χ0v) is 19.0. The smallest absolute Gasteiger partial charge is 0.274 e. The summed E-state index contributed by atoms with van der Waals surface area (Å²) in [6.07, 6.45) is 3.16. The van der Waals surface area contributed by atoms with Crippen LogP contribution < -0.4 is 0 Å². The molecular formula is C19H22ClN3O5S2. The Hall–Kier alpha value is -2.04. The average molecular weight is 472 g/mol. The maximum absolute atomic E-state index is 13.3. The molecule has 0 radical (unpaired) electrons. The predicted octanol–water partition coefficient (Wildman–Crippen LogP) is 1.93. The van der Waals surface area contributed by atoms with E-state index in [-0.39, 0.29) is 28.8 Å². The maximum Gasteiger partial charge on any atom is 0.274 e. The van der Waals surface area contributed by atoms with Crippen molar-refractivity contribution in [1.29, 1.82) is 0 Å². The fourth-order valence-electron chi connectivity index (χ4n) is 3.28. The molecule has 11 heteroatoms. The highest BCUT2D eigenvalue weighted by Gasteiger charge is 2.36. The predicted molar refractivity (Wildman–Crippen MR) is 113 cm³/mol. The highest BCUT2D eigenvalue weighted by Crippen LogP contribution is 2.25. The minimum atomic E-state index is -3.75. The second-order valence-corrected chi connectivity index (χ2v) is 11.8. The molecule has 0 bridgehead atoms. The Morgan fingerprint density at radius 3 is 2.40 bits per heavy atom. The highest BCUT2D eigenvalue weighted by molar-refractivity contribution is 7.91. The first-order valence-electron chi connectivity index (χ1n) is 9.32. The molecule has 1 aromatic heterocycles. The second-order valence-electron chi connectivity index (χ2n) is 7.28. The summed E-state index contributed by atoms with van der Waals surface area (Å²) in [5.41, 5.74) is 1.69. The van der Waals surface area contributed by atoms with Crippen LogP contribution in [-0.4, -0.2) is 61.4 Å². The number of benzene rings is 1. The molecule has 8 nitrogen and oxygen atoms in total. The molecule has 3 rings (SSSR count). The van der Waals surface area contributed by atoms with E-state index in [1.165, 1.54) is 4.90 Å². The molecule has 2 heterocycles. The number of nitrogens with zero attached hydrogens (tertiary/aromatic N) is 3. The average Bonchev–Trinajstić information content (AvgIpc) is 3.05. The van der Waals surface area contributed by atoms with E-state index < -0.39 is 36.8 Å². The Labute approximate surface area is 181 Å². The number of amides is 1. The number of sulfone groups is 2. The van der Waals surface area contributed by atoms with Gasteiger partial charge < -0.3 is 4.90 Å². The number of halogens is 1.